The van der Waals surface area contributed by atoms with Crippen molar-refractivity contribution in [2.45, 2.75) is 11.8 Å². The minimum absolute atomic E-state index is 0.0907. The van der Waals surface area contributed by atoms with Crippen LogP contribution in [0.25, 0.3) is 0 Å². The summed E-state index contributed by atoms with van der Waals surface area (Å²) in [6.45, 7) is 2.74. The summed E-state index contributed by atoms with van der Waals surface area (Å²) in [6.07, 6.45) is 0. The number of rotatable bonds is 6. The van der Waals surface area contributed by atoms with E-state index in [2.05, 4.69) is 10.5 Å². The lowest BCUT2D eigenvalue weighted by atomic mass is 10.3. The number of hydrazone groups is 1. The van der Waals surface area contributed by atoms with Gasteiger partial charge in [0.1, 0.15) is 5.69 Å². The zero-order chi connectivity index (χ0) is 20.3. The average Bonchev–Trinajstić information content (AvgIpc) is 3.13. The third-order valence-electron chi connectivity index (χ3n) is 4.05. The number of nitro groups is 1. The molecule has 2 heterocycles. The zero-order valence-corrected chi connectivity index (χ0v) is 17.2. The van der Waals surface area contributed by atoms with Crippen molar-refractivity contribution in [3.63, 3.8) is 0 Å². The fraction of sp³-hybridized carbons (Fsp3) is 0.312. The number of thiophene rings is 1. The molecule has 0 aliphatic carbocycles. The molecular formula is C16H17ClN4O5S2. The smallest absolute Gasteiger partial charge is 0.295 e. The summed E-state index contributed by atoms with van der Waals surface area (Å²) in [4.78, 5) is 11.5. The average molecular weight is 445 g/mol. The van der Waals surface area contributed by atoms with Crippen LogP contribution in [0.3, 0.4) is 0 Å². The maximum atomic E-state index is 12.7. The summed E-state index contributed by atoms with van der Waals surface area (Å²) in [6, 6.07) is 7.23. The first-order chi connectivity index (χ1) is 13.3. The molecule has 150 valence electrons. The molecule has 1 fully saturated rings. The van der Waals surface area contributed by atoms with Gasteiger partial charge in [0.25, 0.3) is 5.69 Å². The highest BCUT2D eigenvalue weighted by atomic mass is 35.5. The maximum absolute atomic E-state index is 12.7. The zero-order valence-electron chi connectivity index (χ0n) is 14.8. The monoisotopic (exact) mass is 444 g/mol. The molecule has 0 atom stereocenters. The van der Waals surface area contributed by atoms with Crippen molar-refractivity contribution in [2.75, 3.05) is 31.7 Å². The highest BCUT2D eigenvalue weighted by molar-refractivity contribution is 7.89. The molecular weight excluding hydrogens is 428 g/mol. The Balaban J connectivity index is 1.88. The van der Waals surface area contributed by atoms with E-state index in [0.29, 0.717) is 23.3 Å². The van der Waals surface area contributed by atoms with Gasteiger partial charge in [-0.05, 0) is 31.2 Å². The third-order valence-corrected chi connectivity index (χ3v) is 7.28. The summed E-state index contributed by atoms with van der Waals surface area (Å²) in [5.74, 6) is 0. The summed E-state index contributed by atoms with van der Waals surface area (Å²) in [5, 5.41) is 15.6. The Morgan fingerprint density at radius 3 is 2.64 bits per heavy atom. The van der Waals surface area contributed by atoms with Crippen molar-refractivity contribution < 1.29 is 18.1 Å². The minimum Gasteiger partial charge on any atom is -0.379 e. The van der Waals surface area contributed by atoms with Crippen molar-refractivity contribution in [3.05, 3.63) is 49.7 Å². The lowest BCUT2D eigenvalue weighted by molar-refractivity contribution is -0.384. The van der Waals surface area contributed by atoms with E-state index in [4.69, 9.17) is 16.3 Å². The molecule has 1 N–H and O–H groups in total. The van der Waals surface area contributed by atoms with Crippen LogP contribution < -0.4 is 5.43 Å². The van der Waals surface area contributed by atoms with Gasteiger partial charge < -0.3 is 4.74 Å². The number of anilines is 1. The topological polar surface area (TPSA) is 114 Å². The molecule has 0 amide bonds. The number of nitrogens with one attached hydrogen (secondary N) is 1. The van der Waals surface area contributed by atoms with Gasteiger partial charge >= 0.3 is 0 Å². The van der Waals surface area contributed by atoms with Gasteiger partial charge in [0.2, 0.25) is 10.0 Å². The molecule has 1 aliphatic rings. The van der Waals surface area contributed by atoms with E-state index in [1.807, 2.05) is 0 Å². The van der Waals surface area contributed by atoms with Gasteiger partial charge in [0, 0.05) is 19.2 Å². The first-order valence-electron chi connectivity index (χ1n) is 8.21. The molecule has 3 rings (SSSR count). The molecule has 0 radical (unpaired) electrons. The second kappa shape index (κ2) is 8.53. The number of morpholine rings is 1. The van der Waals surface area contributed by atoms with Crippen LogP contribution in [0, 0.1) is 10.1 Å². The molecule has 28 heavy (non-hydrogen) atoms. The van der Waals surface area contributed by atoms with E-state index in [9.17, 15) is 18.5 Å². The van der Waals surface area contributed by atoms with Gasteiger partial charge in [-0.15, -0.1) is 11.3 Å². The van der Waals surface area contributed by atoms with Crippen LogP contribution in [0.15, 0.2) is 40.3 Å². The predicted molar refractivity (Wildman–Crippen MR) is 108 cm³/mol. The summed E-state index contributed by atoms with van der Waals surface area (Å²) >= 11 is 7.23. The van der Waals surface area contributed by atoms with Crippen LogP contribution in [-0.2, 0) is 14.8 Å². The molecule has 1 aromatic heterocycles. The summed E-state index contributed by atoms with van der Waals surface area (Å²) in [5.41, 5.74) is 2.95. The Morgan fingerprint density at radius 1 is 1.32 bits per heavy atom. The van der Waals surface area contributed by atoms with Crippen LogP contribution >= 0.6 is 22.9 Å². The number of nitro benzene ring substituents is 1. The van der Waals surface area contributed by atoms with E-state index >= 15 is 0 Å². The molecule has 9 nitrogen and oxygen atoms in total. The molecule has 0 bridgehead atoms. The normalized spacial score (nSPS) is 16.1. The molecule has 0 spiro atoms. The van der Waals surface area contributed by atoms with Gasteiger partial charge in [0.15, 0.2) is 0 Å². The molecule has 12 heteroatoms. The highest BCUT2D eigenvalue weighted by Gasteiger charge is 2.28. The van der Waals surface area contributed by atoms with E-state index < -0.39 is 14.9 Å². The maximum Gasteiger partial charge on any atom is 0.295 e. The van der Waals surface area contributed by atoms with Crippen molar-refractivity contribution in [1.29, 1.82) is 0 Å². The fourth-order valence-electron chi connectivity index (χ4n) is 2.56. The molecule has 1 saturated heterocycles. The standard InChI is InChI=1S/C16H17ClN4O5S2/c1-11(15-4-5-16(17)27-15)18-19-13-3-2-12(10-14(13)21(22)23)28(24,25)20-6-8-26-9-7-20/h2-5,10,19H,6-9H2,1H3/b18-11+. The van der Waals surface area contributed by atoms with E-state index in [1.165, 1.54) is 27.8 Å². The number of ether oxygens (including phenoxy) is 1. The minimum atomic E-state index is -3.83. The third kappa shape index (κ3) is 4.50. The van der Waals surface area contributed by atoms with Gasteiger partial charge in [-0.1, -0.05) is 11.6 Å². The first-order valence-corrected chi connectivity index (χ1v) is 10.8. The molecule has 0 saturated carbocycles. The number of sulfonamides is 1. The van der Waals surface area contributed by atoms with E-state index in [-0.39, 0.29) is 29.4 Å². The highest BCUT2D eigenvalue weighted by Crippen LogP contribution is 2.30. The Morgan fingerprint density at radius 2 is 2.04 bits per heavy atom. The quantitative estimate of drug-likeness (QED) is 0.415. The van der Waals surface area contributed by atoms with Gasteiger partial charge in [-0.3, -0.25) is 15.5 Å². The van der Waals surface area contributed by atoms with Gasteiger partial charge in [-0.25, -0.2) is 8.42 Å². The van der Waals surface area contributed by atoms with Crippen LogP contribution in [0.5, 0.6) is 0 Å². The predicted octanol–water partition coefficient (Wildman–Crippen LogP) is 3.17. The molecule has 0 unspecified atom stereocenters. The van der Waals surface area contributed by atoms with Crippen LogP contribution in [0.4, 0.5) is 11.4 Å². The van der Waals surface area contributed by atoms with Gasteiger partial charge in [0.05, 0.1) is 38.0 Å². The fourth-order valence-corrected chi connectivity index (χ4v) is 4.98. The molecule has 1 aliphatic heterocycles. The number of hydrogen-bond donors (Lipinski definition) is 1. The Kier molecular flexibility index (Phi) is 6.30. The van der Waals surface area contributed by atoms with Gasteiger partial charge in [-0.2, -0.15) is 9.41 Å². The molecule has 2 aromatic rings. The summed E-state index contributed by atoms with van der Waals surface area (Å²) in [7, 11) is -3.83. The Hall–Kier alpha value is -2.05. The van der Waals surface area contributed by atoms with Crippen LogP contribution in [0.2, 0.25) is 4.34 Å². The largest absolute Gasteiger partial charge is 0.379 e. The Labute approximate surface area is 170 Å². The van der Waals surface area contributed by atoms with Crippen molar-refractivity contribution in [3.8, 4) is 0 Å². The first kappa shape index (κ1) is 20.7. The number of halogens is 1. The number of nitrogens with zero attached hydrogens (tertiary/aromatic N) is 3. The molecule has 1 aromatic carbocycles. The SMILES string of the molecule is C/C(=N\Nc1ccc(S(=O)(=O)N2CCOCC2)cc1[N+](=O)[O-])c1ccc(Cl)s1. The van der Waals surface area contributed by atoms with Crippen LogP contribution in [-0.4, -0.2) is 49.7 Å². The summed E-state index contributed by atoms with van der Waals surface area (Å²) < 4.78 is 32.4. The van der Waals surface area contributed by atoms with Crippen molar-refractivity contribution in [2.24, 2.45) is 5.10 Å². The van der Waals surface area contributed by atoms with Crippen LogP contribution in [0.1, 0.15) is 11.8 Å². The number of hydrogen-bond acceptors (Lipinski definition) is 8. The van der Waals surface area contributed by atoms with E-state index in [0.717, 1.165) is 10.9 Å². The lowest BCUT2D eigenvalue weighted by Crippen LogP contribution is -2.40. The lowest BCUT2D eigenvalue weighted by Gasteiger charge is -2.26. The van der Waals surface area contributed by atoms with Crippen molar-refractivity contribution >= 4 is 50.0 Å². The second-order valence-electron chi connectivity index (χ2n) is 5.87. The van der Waals surface area contributed by atoms with Crippen molar-refractivity contribution in [1.82, 2.24) is 4.31 Å². The van der Waals surface area contributed by atoms with E-state index in [1.54, 1.807) is 19.1 Å². The second-order valence-corrected chi connectivity index (χ2v) is 9.52. The number of benzene rings is 1. The Bertz CT molecular complexity index is 1020.